The van der Waals surface area contributed by atoms with Gasteiger partial charge in [0.2, 0.25) is 0 Å². The van der Waals surface area contributed by atoms with Gasteiger partial charge in [-0.3, -0.25) is 0 Å². The van der Waals surface area contributed by atoms with Crippen LogP contribution in [0.2, 0.25) is 0 Å². The summed E-state index contributed by atoms with van der Waals surface area (Å²) < 4.78 is 0. The highest BCUT2D eigenvalue weighted by Gasteiger charge is 2.12. The summed E-state index contributed by atoms with van der Waals surface area (Å²) in [5.41, 5.74) is 5.34. The van der Waals surface area contributed by atoms with Crippen LogP contribution in [0.15, 0.2) is 74.9 Å². The zero-order valence-corrected chi connectivity index (χ0v) is 13.3. The molecule has 0 heteroatoms. The lowest BCUT2D eigenvalue weighted by Gasteiger charge is -2.17. The molecule has 0 saturated carbocycles. The predicted octanol–water partition coefficient (Wildman–Crippen LogP) is 5.75. The standard InChI is InChI=1S/C22H24/c1-5-9-17-13-14-19(11-7-3)22-20(12-8-4)16-15-18(10-6-2)21(17)22/h5-8,13-16H,1-4,9-12H2. The Morgan fingerprint density at radius 3 is 0.909 bits per heavy atom. The van der Waals surface area contributed by atoms with Crippen LogP contribution in [0.1, 0.15) is 22.3 Å². The highest BCUT2D eigenvalue weighted by atomic mass is 14.2. The van der Waals surface area contributed by atoms with Crippen LogP contribution in [0, 0.1) is 0 Å². The minimum atomic E-state index is 0.882. The Morgan fingerprint density at radius 2 is 0.727 bits per heavy atom. The molecule has 0 aliphatic rings. The molecule has 0 N–H and O–H groups in total. The van der Waals surface area contributed by atoms with Crippen molar-refractivity contribution < 1.29 is 0 Å². The van der Waals surface area contributed by atoms with Crippen molar-refractivity contribution in [1.82, 2.24) is 0 Å². The van der Waals surface area contributed by atoms with Crippen LogP contribution < -0.4 is 0 Å². The van der Waals surface area contributed by atoms with E-state index in [9.17, 15) is 0 Å². The summed E-state index contributed by atoms with van der Waals surface area (Å²) in [6.45, 7) is 15.6. The summed E-state index contributed by atoms with van der Waals surface area (Å²) in [6, 6.07) is 8.92. The van der Waals surface area contributed by atoms with Gasteiger partial charge in [-0.15, -0.1) is 26.3 Å². The van der Waals surface area contributed by atoms with E-state index < -0.39 is 0 Å². The molecule has 0 unspecified atom stereocenters. The predicted molar refractivity (Wildman–Crippen MR) is 99.6 cm³/mol. The molecule has 0 heterocycles. The summed E-state index contributed by atoms with van der Waals surface area (Å²) in [4.78, 5) is 0. The molecule has 0 nitrogen and oxygen atoms in total. The first-order chi connectivity index (χ1) is 10.8. The van der Waals surface area contributed by atoms with Crippen LogP contribution in [-0.2, 0) is 25.7 Å². The minimum absolute atomic E-state index is 0.882. The first kappa shape index (κ1) is 16.0. The zero-order valence-electron chi connectivity index (χ0n) is 13.3. The second-order valence-electron chi connectivity index (χ2n) is 5.49. The molecule has 0 amide bonds. The van der Waals surface area contributed by atoms with E-state index in [2.05, 4.69) is 50.6 Å². The van der Waals surface area contributed by atoms with Gasteiger partial charge in [0, 0.05) is 0 Å². The number of fused-ring (bicyclic) bond motifs is 1. The molecular weight excluding hydrogens is 264 g/mol. The van der Waals surface area contributed by atoms with Gasteiger partial charge in [-0.05, 0) is 58.7 Å². The topological polar surface area (TPSA) is 0 Å². The van der Waals surface area contributed by atoms with E-state index in [-0.39, 0.29) is 0 Å². The number of rotatable bonds is 8. The second-order valence-corrected chi connectivity index (χ2v) is 5.49. The smallest absolute Gasteiger partial charge is 0.00939 e. The highest BCUT2D eigenvalue weighted by molar-refractivity contribution is 5.95. The third kappa shape index (κ3) is 3.12. The lowest BCUT2D eigenvalue weighted by Crippen LogP contribution is -1.98. The lowest BCUT2D eigenvalue weighted by molar-refractivity contribution is 1.20. The number of benzene rings is 2. The monoisotopic (exact) mass is 288 g/mol. The maximum absolute atomic E-state index is 3.90. The lowest BCUT2D eigenvalue weighted by atomic mass is 9.88. The quantitative estimate of drug-likeness (QED) is 0.542. The first-order valence-electron chi connectivity index (χ1n) is 7.75. The van der Waals surface area contributed by atoms with E-state index in [4.69, 9.17) is 0 Å². The normalized spacial score (nSPS) is 10.4. The maximum Gasteiger partial charge on any atom is -0.00939 e. The Bertz CT molecular complexity index is 595. The molecule has 0 aliphatic carbocycles. The molecule has 0 aromatic heterocycles. The number of allylic oxidation sites excluding steroid dienone is 4. The molecule has 2 aromatic rings. The molecule has 112 valence electrons. The fraction of sp³-hybridized carbons (Fsp3) is 0.182. The van der Waals surface area contributed by atoms with Crippen molar-refractivity contribution in [1.29, 1.82) is 0 Å². The third-order valence-electron chi connectivity index (χ3n) is 3.96. The first-order valence-corrected chi connectivity index (χ1v) is 7.75. The Kier molecular flexibility index (Phi) is 5.55. The Morgan fingerprint density at radius 1 is 0.500 bits per heavy atom. The van der Waals surface area contributed by atoms with E-state index in [0.717, 1.165) is 25.7 Å². The Hall–Kier alpha value is -2.34. The van der Waals surface area contributed by atoms with Crippen molar-refractivity contribution >= 4 is 10.8 Å². The van der Waals surface area contributed by atoms with Gasteiger partial charge in [-0.25, -0.2) is 0 Å². The van der Waals surface area contributed by atoms with Crippen LogP contribution in [0.25, 0.3) is 10.8 Å². The van der Waals surface area contributed by atoms with Gasteiger partial charge in [-0.1, -0.05) is 48.6 Å². The number of hydrogen-bond donors (Lipinski definition) is 0. The largest absolute Gasteiger partial charge is 0.103 e. The summed E-state index contributed by atoms with van der Waals surface area (Å²) in [5, 5.41) is 2.72. The third-order valence-corrected chi connectivity index (χ3v) is 3.96. The van der Waals surface area contributed by atoms with Gasteiger partial charge in [0.05, 0.1) is 0 Å². The molecule has 0 radical (unpaired) electrons. The van der Waals surface area contributed by atoms with Gasteiger partial charge in [0.15, 0.2) is 0 Å². The van der Waals surface area contributed by atoms with E-state index >= 15 is 0 Å². The molecule has 0 spiro atoms. The molecular formula is C22H24. The molecule has 2 rings (SSSR count). The molecule has 0 saturated heterocycles. The molecule has 0 fully saturated rings. The van der Waals surface area contributed by atoms with Gasteiger partial charge >= 0.3 is 0 Å². The Balaban J connectivity index is 2.87. The Labute approximate surface area is 134 Å². The number of hydrogen-bond acceptors (Lipinski definition) is 0. The SMILES string of the molecule is C=CCc1ccc(CC=C)c2c(CC=C)ccc(CC=C)c12. The molecule has 22 heavy (non-hydrogen) atoms. The molecule has 0 aliphatic heterocycles. The van der Waals surface area contributed by atoms with Gasteiger partial charge < -0.3 is 0 Å². The molecule has 2 aromatic carbocycles. The van der Waals surface area contributed by atoms with Crippen molar-refractivity contribution in [3.8, 4) is 0 Å². The van der Waals surface area contributed by atoms with Crippen molar-refractivity contribution in [3.63, 3.8) is 0 Å². The van der Waals surface area contributed by atoms with Gasteiger partial charge in [0.1, 0.15) is 0 Å². The summed E-state index contributed by atoms with van der Waals surface area (Å²) in [5.74, 6) is 0. The van der Waals surface area contributed by atoms with Gasteiger partial charge in [-0.2, -0.15) is 0 Å². The van der Waals surface area contributed by atoms with Crippen molar-refractivity contribution in [2.24, 2.45) is 0 Å². The van der Waals surface area contributed by atoms with Gasteiger partial charge in [0.25, 0.3) is 0 Å². The highest BCUT2D eigenvalue weighted by Crippen LogP contribution is 2.31. The minimum Gasteiger partial charge on any atom is -0.103 e. The average molecular weight is 288 g/mol. The average Bonchev–Trinajstić information content (AvgIpc) is 2.52. The van der Waals surface area contributed by atoms with Crippen molar-refractivity contribution in [2.75, 3.05) is 0 Å². The maximum atomic E-state index is 3.90. The van der Waals surface area contributed by atoms with E-state index in [0.29, 0.717) is 0 Å². The van der Waals surface area contributed by atoms with Crippen molar-refractivity contribution in [2.45, 2.75) is 25.7 Å². The zero-order chi connectivity index (χ0) is 15.9. The van der Waals surface area contributed by atoms with Crippen LogP contribution in [0.5, 0.6) is 0 Å². The van der Waals surface area contributed by atoms with E-state index in [1.54, 1.807) is 0 Å². The van der Waals surface area contributed by atoms with E-state index in [1.807, 2.05) is 24.3 Å². The summed E-state index contributed by atoms with van der Waals surface area (Å²) >= 11 is 0. The fourth-order valence-electron chi connectivity index (χ4n) is 3.09. The van der Waals surface area contributed by atoms with Crippen LogP contribution in [-0.4, -0.2) is 0 Å². The summed E-state index contributed by atoms with van der Waals surface area (Å²) in [6.07, 6.45) is 11.4. The second kappa shape index (κ2) is 7.61. The fourth-order valence-corrected chi connectivity index (χ4v) is 3.09. The van der Waals surface area contributed by atoms with Crippen LogP contribution in [0.4, 0.5) is 0 Å². The molecule has 0 atom stereocenters. The summed E-state index contributed by atoms with van der Waals surface area (Å²) in [7, 11) is 0. The van der Waals surface area contributed by atoms with E-state index in [1.165, 1.54) is 33.0 Å². The van der Waals surface area contributed by atoms with Crippen LogP contribution in [0.3, 0.4) is 0 Å². The van der Waals surface area contributed by atoms with Crippen LogP contribution >= 0.6 is 0 Å². The molecule has 0 bridgehead atoms. The van der Waals surface area contributed by atoms with Crippen molar-refractivity contribution in [3.05, 3.63) is 97.1 Å².